The first-order valence-corrected chi connectivity index (χ1v) is 11.6. The maximum absolute atomic E-state index is 12.0. The fourth-order valence-corrected chi connectivity index (χ4v) is 3.68. The minimum atomic E-state index is -0.747. The van der Waals surface area contributed by atoms with Crippen LogP contribution in [0.2, 0.25) is 0 Å². The van der Waals surface area contributed by atoms with Crippen LogP contribution in [0, 0.1) is 0 Å². The van der Waals surface area contributed by atoms with E-state index in [1.165, 1.54) is 20.4 Å². The Morgan fingerprint density at radius 1 is 1.06 bits per heavy atom. The third-order valence-electron chi connectivity index (χ3n) is 5.45. The van der Waals surface area contributed by atoms with Crippen LogP contribution < -0.4 is 20.1 Å². The molecule has 0 bridgehead atoms. The van der Waals surface area contributed by atoms with Crippen LogP contribution in [0.1, 0.15) is 18.9 Å². The van der Waals surface area contributed by atoms with E-state index in [-0.39, 0.29) is 5.91 Å². The summed E-state index contributed by atoms with van der Waals surface area (Å²) in [6.45, 7) is 2.85. The highest BCUT2D eigenvalue weighted by molar-refractivity contribution is 5.93. The predicted octanol–water partition coefficient (Wildman–Crippen LogP) is 2.93. The number of anilines is 2. The van der Waals surface area contributed by atoms with Crippen LogP contribution in [0.25, 0.3) is 10.9 Å². The number of carbonyl (C=O) groups is 2. The predicted molar refractivity (Wildman–Crippen MR) is 138 cm³/mol. The van der Waals surface area contributed by atoms with Crippen molar-refractivity contribution >= 4 is 34.3 Å². The van der Waals surface area contributed by atoms with Crippen molar-refractivity contribution in [2.45, 2.75) is 25.8 Å². The fourth-order valence-electron chi connectivity index (χ4n) is 3.68. The number of ether oxygens (including phenoxy) is 3. The van der Waals surface area contributed by atoms with Crippen LogP contribution in [-0.4, -0.2) is 74.3 Å². The summed E-state index contributed by atoms with van der Waals surface area (Å²) >= 11 is 0. The average molecular weight is 496 g/mol. The molecule has 3 rings (SSSR count). The van der Waals surface area contributed by atoms with E-state index in [0.717, 1.165) is 35.1 Å². The van der Waals surface area contributed by atoms with E-state index < -0.39 is 12.0 Å². The van der Waals surface area contributed by atoms with Crippen molar-refractivity contribution in [1.82, 2.24) is 20.2 Å². The maximum atomic E-state index is 12.0. The van der Waals surface area contributed by atoms with Crippen LogP contribution >= 0.6 is 0 Å². The van der Waals surface area contributed by atoms with Crippen LogP contribution in [-0.2, 0) is 20.7 Å². The number of esters is 1. The van der Waals surface area contributed by atoms with Gasteiger partial charge < -0.3 is 29.7 Å². The molecule has 1 amide bonds. The fraction of sp³-hybridized carbons (Fsp3) is 0.385. The largest absolute Gasteiger partial charge is 0.493 e. The van der Waals surface area contributed by atoms with Gasteiger partial charge in [0.15, 0.2) is 11.5 Å². The monoisotopic (exact) mass is 495 g/mol. The molecule has 0 fully saturated rings. The molecular weight excluding hydrogens is 462 g/mol. The quantitative estimate of drug-likeness (QED) is 0.289. The Morgan fingerprint density at radius 3 is 2.44 bits per heavy atom. The molecule has 192 valence electrons. The van der Waals surface area contributed by atoms with Crippen molar-refractivity contribution in [2.24, 2.45) is 0 Å². The van der Waals surface area contributed by atoms with Gasteiger partial charge in [-0.25, -0.2) is 14.8 Å². The number of fused-ring (bicyclic) bond motifs is 1. The van der Waals surface area contributed by atoms with Crippen LogP contribution in [0.4, 0.5) is 11.5 Å². The lowest BCUT2D eigenvalue weighted by Gasteiger charge is -2.16. The number of aromatic nitrogens is 2. The molecule has 10 nitrogen and oxygen atoms in total. The van der Waals surface area contributed by atoms with Crippen molar-refractivity contribution in [3.63, 3.8) is 0 Å². The van der Waals surface area contributed by atoms with Crippen molar-refractivity contribution in [1.29, 1.82) is 0 Å². The van der Waals surface area contributed by atoms with Gasteiger partial charge in [-0.3, -0.25) is 4.79 Å². The summed E-state index contributed by atoms with van der Waals surface area (Å²) in [5, 5.41) is 6.74. The minimum Gasteiger partial charge on any atom is -0.493 e. The number of nitrogens with one attached hydrogen (secondary N) is 2. The molecule has 1 aromatic heterocycles. The lowest BCUT2D eigenvalue weighted by molar-refractivity contribution is -0.144. The zero-order chi connectivity index (χ0) is 26.1. The molecule has 2 aromatic carbocycles. The van der Waals surface area contributed by atoms with Crippen molar-refractivity contribution in [3.8, 4) is 11.5 Å². The van der Waals surface area contributed by atoms with Crippen molar-refractivity contribution < 1.29 is 23.8 Å². The second-order valence-electron chi connectivity index (χ2n) is 8.55. The van der Waals surface area contributed by atoms with E-state index in [9.17, 15) is 9.59 Å². The van der Waals surface area contributed by atoms with E-state index in [4.69, 9.17) is 14.2 Å². The van der Waals surface area contributed by atoms with Crippen LogP contribution in [0.3, 0.4) is 0 Å². The molecule has 1 heterocycles. The summed E-state index contributed by atoms with van der Waals surface area (Å²) in [6, 6.07) is 10.5. The molecular formula is C26H33N5O5. The molecule has 10 heteroatoms. The summed E-state index contributed by atoms with van der Waals surface area (Å²) < 4.78 is 16.3. The summed E-state index contributed by atoms with van der Waals surface area (Å²) in [6.07, 6.45) is 2.69. The van der Waals surface area contributed by atoms with Gasteiger partial charge in [0.05, 0.1) is 26.3 Å². The first-order valence-electron chi connectivity index (χ1n) is 11.6. The SMILES string of the molecule is COC(=O)C(Cc1ccc(Nc2ncnc3cc(OC)c(OCCCN(C)C)cc23)cc1)NC(C)=O. The molecule has 2 N–H and O–H groups in total. The summed E-state index contributed by atoms with van der Waals surface area (Å²) in [5.74, 6) is 1.08. The summed E-state index contributed by atoms with van der Waals surface area (Å²) in [5.41, 5.74) is 2.39. The first kappa shape index (κ1) is 26.7. The molecule has 0 saturated heterocycles. The van der Waals surface area contributed by atoms with Gasteiger partial charge in [-0.15, -0.1) is 0 Å². The Kier molecular flexibility index (Phi) is 9.40. The highest BCUT2D eigenvalue weighted by Gasteiger charge is 2.20. The topological polar surface area (TPSA) is 115 Å². The second-order valence-corrected chi connectivity index (χ2v) is 8.55. The summed E-state index contributed by atoms with van der Waals surface area (Å²) in [4.78, 5) is 34.3. The maximum Gasteiger partial charge on any atom is 0.328 e. The number of carbonyl (C=O) groups excluding carboxylic acids is 2. The van der Waals surface area contributed by atoms with Gasteiger partial charge in [0.2, 0.25) is 5.91 Å². The van der Waals surface area contributed by atoms with Gasteiger partial charge in [-0.2, -0.15) is 0 Å². The Bertz CT molecular complexity index is 1180. The summed E-state index contributed by atoms with van der Waals surface area (Å²) in [7, 11) is 6.95. The molecule has 36 heavy (non-hydrogen) atoms. The lowest BCUT2D eigenvalue weighted by Crippen LogP contribution is -2.41. The number of rotatable bonds is 12. The zero-order valence-electron chi connectivity index (χ0n) is 21.3. The molecule has 1 atom stereocenters. The molecule has 0 aliphatic carbocycles. The highest BCUT2D eigenvalue weighted by atomic mass is 16.5. The van der Waals surface area contributed by atoms with Gasteiger partial charge >= 0.3 is 5.97 Å². The zero-order valence-corrected chi connectivity index (χ0v) is 21.3. The molecule has 0 aliphatic rings. The highest BCUT2D eigenvalue weighted by Crippen LogP contribution is 2.34. The van der Waals surface area contributed by atoms with Gasteiger partial charge in [0.1, 0.15) is 18.2 Å². The molecule has 0 radical (unpaired) electrons. The van der Waals surface area contributed by atoms with Crippen molar-refractivity contribution in [2.75, 3.05) is 46.8 Å². The van der Waals surface area contributed by atoms with Crippen LogP contribution in [0.5, 0.6) is 11.5 Å². The molecule has 1 unspecified atom stereocenters. The van der Waals surface area contributed by atoms with E-state index in [1.807, 2.05) is 50.5 Å². The number of benzene rings is 2. The molecule has 0 aliphatic heterocycles. The normalized spacial score (nSPS) is 11.7. The van der Waals surface area contributed by atoms with E-state index in [2.05, 4.69) is 25.5 Å². The number of hydrogen-bond donors (Lipinski definition) is 2. The second kappa shape index (κ2) is 12.7. The van der Waals surface area contributed by atoms with Gasteiger partial charge in [0, 0.05) is 37.0 Å². The Hall–Kier alpha value is -3.92. The van der Waals surface area contributed by atoms with E-state index >= 15 is 0 Å². The number of hydrogen-bond acceptors (Lipinski definition) is 9. The Labute approximate surface area is 211 Å². The van der Waals surface area contributed by atoms with Crippen LogP contribution in [0.15, 0.2) is 42.7 Å². The smallest absolute Gasteiger partial charge is 0.328 e. The average Bonchev–Trinajstić information content (AvgIpc) is 2.86. The first-order chi connectivity index (χ1) is 17.3. The van der Waals surface area contributed by atoms with Gasteiger partial charge in [-0.1, -0.05) is 12.1 Å². The Morgan fingerprint density at radius 2 is 1.81 bits per heavy atom. The van der Waals surface area contributed by atoms with Gasteiger partial charge in [-0.05, 0) is 44.3 Å². The van der Waals surface area contributed by atoms with Crippen molar-refractivity contribution in [3.05, 3.63) is 48.3 Å². The third kappa shape index (κ3) is 7.29. The molecule has 3 aromatic rings. The Balaban J connectivity index is 1.78. The number of amides is 1. The third-order valence-corrected chi connectivity index (χ3v) is 5.45. The molecule has 0 spiro atoms. The number of methoxy groups -OCH3 is 2. The lowest BCUT2D eigenvalue weighted by atomic mass is 10.1. The van der Waals surface area contributed by atoms with E-state index in [0.29, 0.717) is 30.3 Å². The van der Waals surface area contributed by atoms with E-state index in [1.54, 1.807) is 7.11 Å². The number of nitrogens with zero attached hydrogens (tertiary/aromatic N) is 3. The minimum absolute atomic E-state index is 0.294. The standard InChI is InChI=1S/C26H33N5O5/c1-17(32)29-22(26(33)35-5)13-18-7-9-19(10-8-18)30-25-20-14-24(36-12-6-11-31(2)3)23(34-4)15-21(20)27-16-28-25/h7-10,14-16,22H,6,11-13H2,1-5H3,(H,29,32)(H,27,28,30). The molecule has 0 saturated carbocycles. The van der Waals surface area contributed by atoms with Gasteiger partial charge in [0.25, 0.3) is 0 Å².